The van der Waals surface area contributed by atoms with Gasteiger partial charge in [0.25, 0.3) is 11.8 Å². The molecule has 2 atom stereocenters. The molecule has 2 rings (SSSR count). The number of aliphatic carboxylic acids is 1. The summed E-state index contributed by atoms with van der Waals surface area (Å²) >= 11 is 1.79. The third-order valence-corrected chi connectivity index (χ3v) is 4.02. The van der Waals surface area contributed by atoms with Gasteiger partial charge in [-0.05, 0) is 12.1 Å². The maximum Gasteiger partial charge on any atom is 0.327 e. The molecule has 0 aliphatic carbocycles. The number of fused-ring (bicyclic) bond motifs is 1. The Morgan fingerprint density at radius 3 is 2.15 bits per heavy atom. The van der Waals surface area contributed by atoms with Gasteiger partial charge in [-0.15, -0.1) is 0 Å². The Balaban J connectivity index is 2.35. The van der Waals surface area contributed by atoms with Gasteiger partial charge in [-0.2, -0.15) is 0 Å². The van der Waals surface area contributed by atoms with E-state index in [1.165, 1.54) is 12.1 Å². The number of imide groups is 1. The number of halogens is 2. The summed E-state index contributed by atoms with van der Waals surface area (Å²) in [5, 5.41) is 9.18. The van der Waals surface area contributed by atoms with Crippen LogP contribution >= 0.6 is 22.6 Å². The van der Waals surface area contributed by atoms with Crippen molar-refractivity contribution in [3.05, 3.63) is 35.4 Å². The fraction of sp³-hybridized carbons (Fsp3) is 0.308. The van der Waals surface area contributed by atoms with Crippen LogP contribution in [0.15, 0.2) is 24.3 Å². The Morgan fingerprint density at radius 1 is 1.25 bits per heavy atom. The highest BCUT2D eigenvalue weighted by molar-refractivity contribution is 14.1. The second-order valence-electron chi connectivity index (χ2n) is 4.37. The Kier molecular flexibility index (Phi) is 4.36. The van der Waals surface area contributed by atoms with Crippen LogP contribution in [0, 0.1) is 0 Å². The van der Waals surface area contributed by atoms with Crippen molar-refractivity contribution in [2.75, 3.05) is 4.43 Å². The minimum absolute atomic E-state index is 0.102. The van der Waals surface area contributed by atoms with Crippen LogP contribution < -0.4 is 0 Å². The molecule has 20 heavy (non-hydrogen) atoms. The number of carboxylic acid groups (broad SMARTS) is 1. The van der Waals surface area contributed by atoms with Crippen LogP contribution in [0.25, 0.3) is 0 Å². The van der Waals surface area contributed by atoms with E-state index >= 15 is 0 Å². The van der Waals surface area contributed by atoms with E-state index in [1.54, 1.807) is 34.7 Å². The van der Waals surface area contributed by atoms with Crippen molar-refractivity contribution in [1.29, 1.82) is 0 Å². The van der Waals surface area contributed by atoms with Crippen LogP contribution in [0.3, 0.4) is 0 Å². The van der Waals surface area contributed by atoms with Crippen molar-refractivity contribution in [2.45, 2.75) is 18.6 Å². The lowest BCUT2D eigenvalue weighted by Crippen LogP contribution is -2.46. The minimum Gasteiger partial charge on any atom is -0.480 e. The quantitative estimate of drug-likeness (QED) is 0.473. The van der Waals surface area contributed by atoms with Crippen LogP contribution in [-0.4, -0.2) is 44.4 Å². The predicted molar refractivity (Wildman–Crippen MR) is 76.8 cm³/mol. The second kappa shape index (κ2) is 5.86. The number of benzene rings is 1. The first-order valence-corrected chi connectivity index (χ1v) is 7.39. The van der Waals surface area contributed by atoms with Crippen molar-refractivity contribution < 1.29 is 23.9 Å². The van der Waals surface area contributed by atoms with Gasteiger partial charge in [0.2, 0.25) is 0 Å². The van der Waals surface area contributed by atoms with Gasteiger partial charge in [0.1, 0.15) is 12.2 Å². The molecule has 0 saturated carbocycles. The summed E-state index contributed by atoms with van der Waals surface area (Å²) in [5.74, 6) is -2.75. The fourth-order valence-corrected chi connectivity index (χ4v) is 2.47. The van der Waals surface area contributed by atoms with Gasteiger partial charge in [0.05, 0.1) is 11.1 Å². The molecule has 0 radical (unpaired) electrons. The number of amides is 2. The summed E-state index contributed by atoms with van der Waals surface area (Å²) in [6.45, 7) is 0. The fourth-order valence-electron chi connectivity index (χ4n) is 2.11. The van der Waals surface area contributed by atoms with Crippen molar-refractivity contribution in [2.24, 2.45) is 0 Å². The molecule has 0 fully saturated rings. The van der Waals surface area contributed by atoms with Crippen molar-refractivity contribution in [1.82, 2.24) is 4.90 Å². The van der Waals surface area contributed by atoms with Gasteiger partial charge in [0, 0.05) is 10.8 Å². The molecule has 5 nitrogen and oxygen atoms in total. The molecule has 2 amide bonds. The van der Waals surface area contributed by atoms with E-state index in [1.807, 2.05) is 0 Å². The third-order valence-electron chi connectivity index (χ3n) is 3.07. The van der Waals surface area contributed by atoms with E-state index in [0.717, 1.165) is 0 Å². The van der Waals surface area contributed by atoms with Crippen LogP contribution in [0.1, 0.15) is 27.1 Å². The highest BCUT2D eigenvalue weighted by Gasteiger charge is 2.43. The van der Waals surface area contributed by atoms with E-state index in [2.05, 4.69) is 0 Å². The zero-order valence-electron chi connectivity index (χ0n) is 10.3. The standard InChI is InChI=1S/C13H11FINO4/c14-7(6-15)5-10(13(19)20)16-11(17)8-3-1-2-4-9(8)12(16)18/h1-4,7,10H,5-6H2,(H,19,20)/t7?,10-/m0/s1. The maximum absolute atomic E-state index is 13.5. The number of rotatable bonds is 5. The molecule has 0 saturated heterocycles. The van der Waals surface area contributed by atoms with E-state index < -0.39 is 36.4 Å². The summed E-state index contributed by atoms with van der Waals surface area (Å²) in [4.78, 5) is 36.2. The average Bonchev–Trinajstić information content (AvgIpc) is 2.69. The topological polar surface area (TPSA) is 74.7 Å². The number of hydrogen-bond acceptors (Lipinski definition) is 3. The highest BCUT2D eigenvalue weighted by atomic mass is 127. The molecule has 1 unspecified atom stereocenters. The van der Waals surface area contributed by atoms with Gasteiger partial charge in [-0.1, -0.05) is 34.7 Å². The first-order valence-electron chi connectivity index (χ1n) is 5.87. The zero-order chi connectivity index (χ0) is 14.9. The van der Waals surface area contributed by atoms with Crippen LogP contribution in [0.4, 0.5) is 4.39 Å². The molecule has 1 aromatic rings. The lowest BCUT2D eigenvalue weighted by atomic mass is 10.1. The molecule has 106 valence electrons. The smallest absolute Gasteiger partial charge is 0.327 e. The maximum atomic E-state index is 13.5. The Bertz CT molecular complexity index is 542. The summed E-state index contributed by atoms with van der Waals surface area (Å²) in [6.07, 6.45) is -1.79. The lowest BCUT2D eigenvalue weighted by molar-refractivity contribution is -0.142. The Hall–Kier alpha value is -1.51. The van der Waals surface area contributed by atoms with Gasteiger partial charge in [0.15, 0.2) is 0 Å². The normalized spacial score (nSPS) is 17.0. The number of carbonyl (C=O) groups excluding carboxylic acids is 2. The SMILES string of the molecule is O=C(O)[C@H](CC(F)CI)N1C(=O)c2ccccc2C1=O. The molecule has 0 aromatic heterocycles. The van der Waals surface area contributed by atoms with Crippen LogP contribution in [-0.2, 0) is 4.79 Å². The molecule has 1 heterocycles. The summed E-state index contributed by atoms with van der Waals surface area (Å²) < 4.78 is 13.6. The number of carbonyl (C=O) groups is 3. The van der Waals surface area contributed by atoms with E-state index in [0.29, 0.717) is 4.90 Å². The number of nitrogens with zero attached hydrogens (tertiary/aromatic N) is 1. The predicted octanol–water partition coefficient (Wildman–Crippen LogP) is 1.90. The number of carboxylic acids is 1. The molecular weight excluding hydrogens is 380 g/mol. The zero-order valence-corrected chi connectivity index (χ0v) is 12.4. The monoisotopic (exact) mass is 391 g/mol. The van der Waals surface area contributed by atoms with Crippen molar-refractivity contribution in [3.8, 4) is 0 Å². The van der Waals surface area contributed by atoms with Gasteiger partial charge >= 0.3 is 5.97 Å². The molecule has 0 spiro atoms. The summed E-state index contributed by atoms with van der Waals surface area (Å²) in [6, 6.07) is 4.62. The highest BCUT2D eigenvalue weighted by Crippen LogP contribution is 2.26. The largest absolute Gasteiger partial charge is 0.480 e. The lowest BCUT2D eigenvalue weighted by Gasteiger charge is -2.23. The van der Waals surface area contributed by atoms with Crippen LogP contribution in [0.5, 0.6) is 0 Å². The molecular formula is C13H11FINO4. The Morgan fingerprint density at radius 2 is 1.75 bits per heavy atom. The van der Waals surface area contributed by atoms with Crippen molar-refractivity contribution in [3.63, 3.8) is 0 Å². The van der Waals surface area contributed by atoms with Crippen LogP contribution in [0.2, 0.25) is 0 Å². The molecule has 1 aliphatic heterocycles. The second-order valence-corrected chi connectivity index (χ2v) is 5.25. The van der Waals surface area contributed by atoms with E-state index in [9.17, 15) is 23.9 Å². The van der Waals surface area contributed by atoms with Crippen molar-refractivity contribution >= 4 is 40.4 Å². The first-order chi connectivity index (χ1) is 9.47. The van der Waals surface area contributed by atoms with Gasteiger partial charge < -0.3 is 5.11 Å². The molecule has 7 heteroatoms. The molecule has 1 aromatic carbocycles. The number of hydrogen-bond donors (Lipinski definition) is 1. The minimum atomic E-state index is -1.48. The molecule has 0 bridgehead atoms. The van der Waals surface area contributed by atoms with Gasteiger partial charge in [-0.3, -0.25) is 14.5 Å². The number of alkyl halides is 2. The van der Waals surface area contributed by atoms with Gasteiger partial charge in [-0.25, -0.2) is 9.18 Å². The first kappa shape index (κ1) is 14.9. The molecule has 1 N–H and O–H groups in total. The molecule has 1 aliphatic rings. The average molecular weight is 391 g/mol. The summed E-state index contributed by atoms with van der Waals surface area (Å²) in [7, 11) is 0. The third kappa shape index (κ3) is 2.54. The summed E-state index contributed by atoms with van der Waals surface area (Å²) in [5.41, 5.74) is 0.322. The van der Waals surface area contributed by atoms with E-state index in [4.69, 9.17) is 0 Å². The Labute approximate surface area is 127 Å². The van der Waals surface area contributed by atoms with E-state index in [-0.39, 0.29) is 15.6 Å².